The average Bonchev–Trinajstić information content (AvgIpc) is 2.80. The van der Waals surface area contributed by atoms with Gasteiger partial charge in [-0.25, -0.2) is 0 Å². The third-order valence-corrected chi connectivity index (χ3v) is 2.04. The number of tetrazole rings is 1. The van der Waals surface area contributed by atoms with Crippen molar-refractivity contribution in [3.63, 3.8) is 0 Å². The highest BCUT2D eigenvalue weighted by Gasteiger charge is 2.31. The van der Waals surface area contributed by atoms with E-state index < -0.39 is 11.7 Å². The van der Waals surface area contributed by atoms with E-state index in [0.29, 0.717) is 0 Å². The Balaban J connectivity index is 2.55. The summed E-state index contributed by atoms with van der Waals surface area (Å²) in [7, 11) is 0. The van der Waals surface area contributed by atoms with Gasteiger partial charge in [0, 0.05) is 0 Å². The number of nitriles is 1. The van der Waals surface area contributed by atoms with E-state index in [1.807, 2.05) is 0 Å². The van der Waals surface area contributed by atoms with Crippen molar-refractivity contribution in [2.75, 3.05) is 0 Å². The molecule has 0 fully saturated rings. The lowest BCUT2D eigenvalue weighted by atomic mass is 10.1. The van der Waals surface area contributed by atoms with Crippen LogP contribution in [0.4, 0.5) is 13.2 Å². The Bertz CT molecular complexity index is 567. The van der Waals surface area contributed by atoms with Gasteiger partial charge in [-0.05, 0) is 28.6 Å². The van der Waals surface area contributed by atoms with Crippen LogP contribution in [-0.2, 0) is 6.18 Å². The monoisotopic (exact) mass is 239 g/mol. The minimum absolute atomic E-state index is 0.146. The summed E-state index contributed by atoms with van der Waals surface area (Å²) < 4.78 is 38.4. The van der Waals surface area contributed by atoms with Crippen LogP contribution in [-0.4, -0.2) is 20.2 Å². The van der Waals surface area contributed by atoms with Crippen molar-refractivity contribution in [3.05, 3.63) is 35.7 Å². The highest BCUT2D eigenvalue weighted by atomic mass is 19.4. The Kier molecular flexibility index (Phi) is 2.51. The minimum atomic E-state index is -4.48. The molecule has 1 heterocycles. The maximum absolute atomic E-state index is 12.4. The number of aromatic nitrogens is 4. The molecule has 0 aliphatic carbocycles. The number of benzene rings is 1. The quantitative estimate of drug-likeness (QED) is 0.757. The molecular formula is C9H4F3N5. The summed E-state index contributed by atoms with van der Waals surface area (Å²) in [5.74, 6) is 0. The molecule has 0 amide bonds. The fraction of sp³-hybridized carbons (Fsp3) is 0.111. The summed E-state index contributed by atoms with van der Waals surface area (Å²) in [6.45, 7) is 0. The molecule has 0 unspecified atom stereocenters. The van der Waals surface area contributed by atoms with E-state index in [4.69, 9.17) is 5.26 Å². The van der Waals surface area contributed by atoms with Crippen molar-refractivity contribution >= 4 is 0 Å². The molecule has 0 aliphatic rings. The molecule has 5 nitrogen and oxygen atoms in total. The highest BCUT2D eigenvalue weighted by Crippen LogP contribution is 2.30. The van der Waals surface area contributed by atoms with E-state index in [1.54, 1.807) is 6.07 Å². The molecular weight excluding hydrogens is 235 g/mol. The zero-order valence-corrected chi connectivity index (χ0v) is 8.18. The van der Waals surface area contributed by atoms with Crippen molar-refractivity contribution in [1.82, 2.24) is 20.2 Å². The van der Waals surface area contributed by atoms with Crippen LogP contribution in [0.15, 0.2) is 24.5 Å². The summed E-state index contributed by atoms with van der Waals surface area (Å²) in [5, 5.41) is 19.0. The van der Waals surface area contributed by atoms with Gasteiger partial charge in [0.1, 0.15) is 12.4 Å². The van der Waals surface area contributed by atoms with Crippen LogP contribution in [0.1, 0.15) is 11.1 Å². The molecule has 1 aromatic heterocycles. The molecule has 2 aromatic rings. The van der Waals surface area contributed by atoms with Gasteiger partial charge in [0.15, 0.2) is 0 Å². The topological polar surface area (TPSA) is 67.4 Å². The predicted octanol–water partition coefficient (Wildman–Crippen LogP) is 1.55. The van der Waals surface area contributed by atoms with Gasteiger partial charge in [0.05, 0.1) is 16.8 Å². The molecule has 86 valence electrons. The van der Waals surface area contributed by atoms with Crippen LogP contribution in [0.5, 0.6) is 0 Å². The number of rotatable bonds is 1. The maximum atomic E-state index is 12.4. The molecule has 0 bridgehead atoms. The van der Waals surface area contributed by atoms with E-state index in [9.17, 15) is 13.2 Å². The highest BCUT2D eigenvalue weighted by molar-refractivity contribution is 5.50. The molecule has 0 atom stereocenters. The number of halogens is 3. The lowest BCUT2D eigenvalue weighted by Crippen LogP contribution is -2.07. The van der Waals surface area contributed by atoms with E-state index in [2.05, 4.69) is 15.5 Å². The van der Waals surface area contributed by atoms with Crippen LogP contribution < -0.4 is 0 Å². The second kappa shape index (κ2) is 3.86. The van der Waals surface area contributed by atoms with Gasteiger partial charge >= 0.3 is 6.18 Å². The lowest BCUT2D eigenvalue weighted by Gasteiger charge is -2.08. The first kappa shape index (κ1) is 11.1. The van der Waals surface area contributed by atoms with Crippen molar-refractivity contribution in [1.29, 1.82) is 5.26 Å². The third kappa shape index (κ3) is 2.08. The van der Waals surface area contributed by atoms with E-state index in [1.165, 1.54) is 6.33 Å². The van der Waals surface area contributed by atoms with Crippen LogP contribution >= 0.6 is 0 Å². The lowest BCUT2D eigenvalue weighted by molar-refractivity contribution is -0.137. The first-order valence-electron chi connectivity index (χ1n) is 4.37. The maximum Gasteiger partial charge on any atom is 0.416 e. The molecule has 0 saturated carbocycles. The van der Waals surface area contributed by atoms with E-state index in [0.717, 1.165) is 22.9 Å². The smallest absolute Gasteiger partial charge is 0.199 e. The van der Waals surface area contributed by atoms with Gasteiger partial charge in [0.2, 0.25) is 0 Å². The first-order chi connectivity index (χ1) is 8.02. The van der Waals surface area contributed by atoms with Crippen LogP contribution in [0.2, 0.25) is 0 Å². The van der Waals surface area contributed by atoms with E-state index >= 15 is 0 Å². The Labute approximate surface area is 93.1 Å². The standard InChI is InChI=1S/C9H4F3N5/c10-9(11,12)7-1-2-8(6(3-7)4-13)17-5-14-15-16-17/h1-3,5H. The molecule has 0 spiro atoms. The SMILES string of the molecule is N#Cc1cc(C(F)(F)F)ccc1-n1cnnn1. The molecule has 0 radical (unpaired) electrons. The fourth-order valence-electron chi connectivity index (χ4n) is 1.27. The van der Waals surface area contributed by atoms with Gasteiger partial charge < -0.3 is 0 Å². The van der Waals surface area contributed by atoms with Crippen molar-refractivity contribution in [2.45, 2.75) is 6.18 Å². The Morgan fingerprint density at radius 1 is 1.29 bits per heavy atom. The molecule has 2 rings (SSSR count). The molecule has 0 saturated heterocycles. The van der Waals surface area contributed by atoms with Gasteiger partial charge in [-0.3, -0.25) is 0 Å². The largest absolute Gasteiger partial charge is 0.416 e. The zero-order valence-electron chi connectivity index (χ0n) is 8.18. The Morgan fingerprint density at radius 3 is 2.59 bits per heavy atom. The molecule has 8 heteroatoms. The summed E-state index contributed by atoms with van der Waals surface area (Å²) in [4.78, 5) is 0. The second-order valence-electron chi connectivity index (χ2n) is 3.10. The van der Waals surface area contributed by atoms with Crippen molar-refractivity contribution in [3.8, 4) is 11.8 Å². The van der Waals surface area contributed by atoms with Gasteiger partial charge in [-0.15, -0.1) is 5.10 Å². The number of hydrogen-bond acceptors (Lipinski definition) is 4. The summed E-state index contributed by atoms with van der Waals surface area (Å²) in [6, 6.07) is 4.46. The fourth-order valence-corrected chi connectivity index (χ4v) is 1.27. The molecule has 0 N–H and O–H groups in total. The second-order valence-corrected chi connectivity index (χ2v) is 3.10. The zero-order chi connectivity index (χ0) is 12.5. The Morgan fingerprint density at radius 2 is 2.06 bits per heavy atom. The summed E-state index contributed by atoms with van der Waals surface area (Å²) in [5.41, 5.74) is -0.830. The minimum Gasteiger partial charge on any atom is -0.199 e. The summed E-state index contributed by atoms with van der Waals surface area (Å²) in [6.07, 6.45) is -3.28. The van der Waals surface area contributed by atoms with Gasteiger partial charge in [0.25, 0.3) is 0 Å². The van der Waals surface area contributed by atoms with E-state index in [-0.39, 0.29) is 11.3 Å². The number of nitrogens with zero attached hydrogens (tertiary/aromatic N) is 5. The van der Waals surface area contributed by atoms with Crippen molar-refractivity contribution < 1.29 is 13.2 Å². The molecule has 0 aliphatic heterocycles. The summed E-state index contributed by atoms with van der Waals surface area (Å²) >= 11 is 0. The molecule has 1 aromatic carbocycles. The third-order valence-electron chi connectivity index (χ3n) is 2.04. The van der Waals surface area contributed by atoms with Gasteiger partial charge in [-0.2, -0.15) is 23.1 Å². The normalized spacial score (nSPS) is 11.2. The van der Waals surface area contributed by atoms with Crippen LogP contribution in [0.3, 0.4) is 0 Å². The molecule has 17 heavy (non-hydrogen) atoms. The first-order valence-corrected chi connectivity index (χ1v) is 4.37. The van der Waals surface area contributed by atoms with Crippen molar-refractivity contribution in [2.24, 2.45) is 0 Å². The van der Waals surface area contributed by atoms with Gasteiger partial charge in [-0.1, -0.05) is 0 Å². The predicted molar refractivity (Wildman–Crippen MR) is 48.9 cm³/mol. The number of alkyl halides is 3. The average molecular weight is 239 g/mol. The Hall–Kier alpha value is -2.43. The van der Waals surface area contributed by atoms with Crippen LogP contribution in [0, 0.1) is 11.3 Å². The van der Waals surface area contributed by atoms with Crippen LogP contribution in [0.25, 0.3) is 5.69 Å². The number of hydrogen-bond donors (Lipinski definition) is 0.